The van der Waals surface area contributed by atoms with Gasteiger partial charge in [-0.15, -0.1) is 0 Å². The molecule has 0 aliphatic carbocycles. The molecule has 0 atom stereocenters. The summed E-state index contributed by atoms with van der Waals surface area (Å²) >= 11 is 0. The maximum absolute atomic E-state index is 11.8. The minimum absolute atomic E-state index is 0.0347. The Bertz CT molecular complexity index is 715. The van der Waals surface area contributed by atoms with Gasteiger partial charge in [-0.25, -0.2) is 0 Å². The second-order valence-electron chi connectivity index (χ2n) is 5.36. The molecule has 128 valence electrons. The van der Waals surface area contributed by atoms with Crippen molar-refractivity contribution in [2.24, 2.45) is 0 Å². The lowest BCUT2D eigenvalue weighted by Gasteiger charge is -2.17. The summed E-state index contributed by atoms with van der Waals surface area (Å²) in [6, 6.07) is 9.63. The van der Waals surface area contributed by atoms with Crippen LogP contribution in [0.15, 0.2) is 30.3 Å². The molecule has 2 rings (SSSR count). The van der Waals surface area contributed by atoms with E-state index in [4.69, 9.17) is 14.2 Å². The van der Waals surface area contributed by atoms with Gasteiger partial charge in [-0.05, 0) is 36.8 Å². The third-order valence-electron chi connectivity index (χ3n) is 3.75. The van der Waals surface area contributed by atoms with Gasteiger partial charge in [0.25, 0.3) is 0 Å². The van der Waals surface area contributed by atoms with E-state index in [1.54, 1.807) is 21.3 Å². The molecular formula is C19H23NO4. The number of ether oxygens (including phenoxy) is 3. The Morgan fingerprint density at radius 2 is 1.62 bits per heavy atom. The molecule has 0 saturated carbocycles. The SMILES string of the molecule is CCC(=O)Nc1ccc(C)cc1-c1cc(OC)c(OC)c(OC)c1. The van der Waals surface area contributed by atoms with Gasteiger partial charge in [-0.2, -0.15) is 0 Å². The van der Waals surface area contributed by atoms with Crippen molar-refractivity contribution < 1.29 is 19.0 Å². The Kier molecular flexibility index (Phi) is 5.68. The van der Waals surface area contributed by atoms with Gasteiger partial charge in [0.2, 0.25) is 11.7 Å². The van der Waals surface area contributed by atoms with Crippen LogP contribution in [0, 0.1) is 6.92 Å². The van der Waals surface area contributed by atoms with Crippen LogP contribution in [0.5, 0.6) is 17.2 Å². The predicted octanol–water partition coefficient (Wildman–Crippen LogP) is 4.04. The summed E-state index contributed by atoms with van der Waals surface area (Å²) in [4.78, 5) is 11.8. The molecule has 0 fully saturated rings. The van der Waals surface area contributed by atoms with Crippen LogP contribution < -0.4 is 19.5 Å². The quantitative estimate of drug-likeness (QED) is 0.869. The fourth-order valence-electron chi connectivity index (χ4n) is 2.48. The lowest BCUT2D eigenvalue weighted by atomic mass is 10.00. The predicted molar refractivity (Wildman–Crippen MR) is 95.2 cm³/mol. The minimum Gasteiger partial charge on any atom is -0.493 e. The molecule has 0 spiro atoms. The molecule has 0 saturated heterocycles. The average Bonchev–Trinajstić information content (AvgIpc) is 2.61. The van der Waals surface area contributed by atoms with Crippen molar-refractivity contribution in [3.8, 4) is 28.4 Å². The summed E-state index contributed by atoms with van der Waals surface area (Å²) in [5, 5.41) is 2.94. The molecule has 1 N–H and O–H groups in total. The zero-order valence-electron chi connectivity index (χ0n) is 14.7. The van der Waals surface area contributed by atoms with Crippen molar-refractivity contribution in [1.82, 2.24) is 0 Å². The van der Waals surface area contributed by atoms with Crippen LogP contribution in [0.3, 0.4) is 0 Å². The zero-order chi connectivity index (χ0) is 17.7. The van der Waals surface area contributed by atoms with Gasteiger partial charge in [-0.1, -0.05) is 18.6 Å². The highest BCUT2D eigenvalue weighted by Gasteiger charge is 2.16. The molecule has 0 radical (unpaired) electrons. The number of carbonyl (C=O) groups is 1. The molecule has 0 bridgehead atoms. The molecule has 0 unspecified atom stereocenters. The molecule has 5 heteroatoms. The standard InChI is InChI=1S/C19H23NO4/c1-6-18(21)20-15-8-7-12(2)9-14(15)13-10-16(22-3)19(24-5)17(11-13)23-4/h7-11H,6H2,1-5H3,(H,20,21). The van der Waals surface area contributed by atoms with Crippen molar-refractivity contribution >= 4 is 11.6 Å². The first-order chi connectivity index (χ1) is 11.5. The van der Waals surface area contributed by atoms with Crippen molar-refractivity contribution in [1.29, 1.82) is 0 Å². The number of benzene rings is 2. The Labute approximate surface area is 142 Å². The highest BCUT2D eigenvalue weighted by atomic mass is 16.5. The third kappa shape index (κ3) is 3.62. The number of nitrogens with one attached hydrogen (secondary N) is 1. The second-order valence-corrected chi connectivity index (χ2v) is 5.36. The van der Waals surface area contributed by atoms with Gasteiger partial charge in [0.15, 0.2) is 11.5 Å². The Morgan fingerprint density at radius 1 is 1.00 bits per heavy atom. The van der Waals surface area contributed by atoms with E-state index in [9.17, 15) is 4.79 Å². The van der Waals surface area contributed by atoms with Crippen molar-refractivity contribution in [3.63, 3.8) is 0 Å². The summed E-state index contributed by atoms with van der Waals surface area (Å²) in [6.45, 7) is 3.83. The average molecular weight is 329 g/mol. The minimum atomic E-state index is -0.0347. The van der Waals surface area contributed by atoms with Crippen LogP contribution in [-0.4, -0.2) is 27.2 Å². The van der Waals surface area contributed by atoms with Crippen LogP contribution in [0.4, 0.5) is 5.69 Å². The molecule has 1 amide bonds. The maximum Gasteiger partial charge on any atom is 0.224 e. The number of hydrogen-bond acceptors (Lipinski definition) is 4. The molecule has 5 nitrogen and oxygen atoms in total. The van der Waals surface area contributed by atoms with Gasteiger partial charge in [0.05, 0.1) is 21.3 Å². The van der Waals surface area contributed by atoms with E-state index >= 15 is 0 Å². The fraction of sp³-hybridized carbons (Fsp3) is 0.316. The van der Waals surface area contributed by atoms with Crippen molar-refractivity contribution in [2.45, 2.75) is 20.3 Å². The first kappa shape index (κ1) is 17.7. The van der Waals surface area contributed by atoms with Crippen molar-refractivity contribution in [3.05, 3.63) is 35.9 Å². The number of methoxy groups -OCH3 is 3. The van der Waals surface area contributed by atoms with Crippen LogP contribution in [-0.2, 0) is 4.79 Å². The molecule has 0 aliphatic rings. The van der Waals surface area contributed by atoms with Gasteiger partial charge in [-0.3, -0.25) is 4.79 Å². The van der Waals surface area contributed by atoms with Gasteiger partial charge < -0.3 is 19.5 Å². The third-order valence-corrected chi connectivity index (χ3v) is 3.75. The van der Waals surface area contributed by atoms with Crippen LogP contribution in [0.2, 0.25) is 0 Å². The molecule has 24 heavy (non-hydrogen) atoms. The van der Waals surface area contributed by atoms with Crippen LogP contribution in [0.25, 0.3) is 11.1 Å². The number of hydrogen-bond donors (Lipinski definition) is 1. The number of rotatable bonds is 6. The molecular weight excluding hydrogens is 306 g/mol. The highest BCUT2D eigenvalue weighted by molar-refractivity contribution is 5.95. The smallest absolute Gasteiger partial charge is 0.224 e. The topological polar surface area (TPSA) is 56.8 Å². The maximum atomic E-state index is 11.8. The first-order valence-corrected chi connectivity index (χ1v) is 7.74. The summed E-state index contributed by atoms with van der Waals surface area (Å²) < 4.78 is 16.2. The highest BCUT2D eigenvalue weighted by Crippen LogP contribution is 2.42. The van der Waals surface area contributed by atoms with E-state index in [0.29, 0.717) is 23.7 Å². The monoisotopic (exact) mass is 329 g/mol. The Balaban J connectivity index is 2.62. The van der Waals surface area contributed by atoms with Gasteiger partial charge in [0, 0.05) is 17.7 Å². The number of carbonyl (C=O) groups excluding carboxylic acids is 1. The largest absolute Gasteiger partial charge is 0.493 e. The normalized spacial score (nSPS) is 10.2. The summed E-state index contributed by atoms with van der Waals surface area (Å²) in [5.41, 5.74) is 3.62. The first-order valence-electron chi connectivity index (χ1n) is 7.74. The van der Waals surface area contributed by atoms with Gasteiger partial charge >= 0.3 is 0 Å². The van der Waals surface area contributed by atoms with Crippen LogP contribution in [0.1, 0.15) is 18.9 Å². The van der Waals surface area contributed by atoms with E-state index in [1.165, 1.54) is 0 Å². The van der Waals surface area contributed by atoms with E-state index in [-0.39, 0.29) is 5.91 Å². The van der Waals surface area contributed by atoms with E-state index in [0.717, 1.165) is 22.4 Å². The molecule has 0 aromatic heterocycles. The number of anilines is 1. The summed E-state index contributed by atoms with van der Waals surface area (Å²) in [6.07, 6.45) is 0.419. The summed E-state index contributed by atoms with van der Waals surface area (Å²) in [5.74, 6) is 1.64. The second kappa shape index (κ2) is 7.73. The Morgan fingerprint density at radius 3 is 2.12 bits per heavy atom. The van der Waals surface area contributed by atoms with Crippen molar-refractivity contribution in [2.75, 3.05) is 26.6 Å². The van der Waals surface area contributed by atoms with Crippen LogP contribution >= 0.6 is 0 Å². The summed E-state index contributed by atoms with van der Waals surface area (Å²) in [7, 11) is 4.73. The molecule has 0 aliphatic heterocycles. The lowest BCUT2D eigenvalue weighted by Crippen LogP contribution is -2.10. The van der Waals surface area contributed by atoms with E-state index in [1.807, 2.05) is 44.2 Å². The van der Waals surface area contributed by atoms with E-state index < -0.39 is 0 Å². The fourth-order valence-corrected chi connectivity index (χ4v) is 2.48. The number of aryl methyl sites for hydroxylation is 1. The Hall–Kier alpha value is -2.69. The molecule has 2 aromatic rings. The molecule has 0 heterocycles. The lowest BCUT2D eigenvalue weighted by molar-refractivity contribution is -0.115. The van der Waals surface area contributed by atoms with Gasteiger partial charge in [0.1, 0.15) is 0 Å². The number of amides is 1. The van der Waals surface area contributed by atoms with E-state index in [2.05, 4.69) is 5.32 Å². The molecule has 2 aromatic carbocycles. The zero-order valence-corrected chi connectivity index (χ0v) is 14.7.